The maximum Gasteiger partial charge on any atom is 0.227 e. The first-order chi connectivity index (χ1) is 13.3. The molecule has 6 heteroatoms. The molecule has 2 aliphatic heterocycles. The topological polar surface area (TPSA) is 59.1 Å². The van der Waals surface area contributed by atoms with Crippen LogP contribution in [0.2, 0.25) is 5.02 Å². The van der Waals surface area contributed by atoms with E-state index in [-0.39, 0.29) is 0 Å². The molecule has 2 N–H and O–H groups in total. The average Bonchev–Trinajstić information content (AvgIpc) is 3.23. The van der Waals surface area contributed by atoms with Gasteiger partial charge in [0, 0.05) is 12.3 Å². The lowest BCUT2D eigenvalue weighted by Crippen LogP contribution is -2.26. The fourth-order valence-electron chi connectivity index (χ4n) is 3.93. The van der Waals surface area contributed by atoms with E-state index >= 15 is 0 Å². The van der Waals surface area contributed by atoms with E-state index in [1.807, 2.05) is 0 Å². The molecule has 0 saturated carbocycles. The Balaban J connectivity index is 1.38. The fraction of sp³-hybridized carbons (Fsp3) is 0.524. The summed E-state index contributed by atoms with van der Waals surface area (Å²) in [6.07, 6.45) is 8.51. The van der Waals surface area contributed by atoms with Gasteiger partial charge in [-0.25, -0.2) is 9.97 Å². The maximum absolute atomic E-state index is 6.29. The van der Waals surface area contributed by atoms with Crippen LogP contribution in [0.3, 0.4) is 0 Å². The number of nitrogens with one attached hydrogen (secondary N) is 2. The largest absolute Gasteiger partial charge is 0.378 e. The molecule has 0 aliphatic carbocycles. The van der Waals surface area contributed by atoms with Crippen LogP contribution in [0.1, 0.15) is 49.3 Å². The summed E-state index contributed by atoms with van der Waals surface area (Å²) in [5, 5.41) is 7.35. The number of ether oxygens (including phenoxy) is 1. The lowest BCUT2D eigenvalue weighted by atomic mass is 9.90. The molecule has 1 aromatic heterocycles. The van der Waals surface area contributed by atoms with Gasteiger partial charge in [-0.05, 0) is 75.2 Å². The Morgan fingerprint density at radius 2 is 1.96 bits per heavy atom. The van der Waals surface area contributed by atoms with E-state index in [9.17, 15) is 0 Å². The summed E-state index contributed by atoms with van der Waals surface area (Å²) in [5.74, 6) is 1.26. The summed E-state index contributed by atoms with van der Waals surface area (Å²) >= 11 is 6.29. The molecule has 0 spiro atoms. The number of rotatable bonds is 6. The van der Waals surface area contributed by atoms with E-state index in [0.717, 1.165) is 56.8 Å². The smallest absolute Gasteiger partial charge is 0.227 e. The molecule has 27 heavy (non-hydrogen) atoms. The fourth-order valence-corrected chi connectivity index (χ4v) is 4.12. The standard InChI is InChI=1S/C21H27ClN4O/c22-19-14-24-21(26-20(19)8-7-18-2-1-13-27-18)25-17-5-3-15(4-6-17)16-9-11-23-12-10-16/h3-6,14,16,18,23H,1-2,7-13H2,(H,24,25,26)/t18-/m1/s1. The Bertz CT molecular complexity index is 740. The van der Waals surface area contributed by atoms with Gasteiger partial charge in [0.15, 0.2) is 0 Å². The van der Waals surface area contributed by atoms with Gasteiger partial charge in [0.2, 0.25) is 5.95 Å². The van der Waals surface area contributed by atoms with Crippen molar-refractivity contribution in [1.29, 1.82) is 0 Å². The molecule has 2 aromatic rings. The van der Waals surface area contributed by atoms with Crippen LogP contribution in [-0.2, 0) is 11.2 Å². The summed E-state index contributed by atoms with van der Waals surface area (Å²) in [6.45, 7) is 3.10. The van der Waals surface area contributed by atoms with Crippen molar-refractivity contribution >= 4 is 23.2 Å². The zero-order valence-corrected chi connectivity index (χ0v) is 16.3. The second kappa shape index (κ2) is 9.00. The number of hydrogen-bond donors (Lipinski definition) is 2. The average molecular weight is 387 g/mol. The van der Waals surface area contributed by atoms with Crippen LogP contribution < -0.4 is 10.6 Å². The zero-order chi connectivity index (χ0) is 18.5. The normalized spacial score (nSPS) is 20.7. The van der Waals surface area contributed by atoms with Gasteiger partial charge in [-0.2, -0.15) is 0 Å². The first-order valence-corrected chi connectivity index (χ1v) is 10.4. The second-order valence-corrected chi connectivity index (χ2v) is 7.84. The Morgan fingerprint density at radius 3 is 2.70 bits per heavy atom. The first kappa shape index (κ1) is 18.7. The van der Waals surface area contributed by atoms with Crippen molar-refractivity contribution in [2.45, 2.75) is 50.5 Å². The number of piperidine rings is 1. The summed E-state index contributed by atoms with van der Waals surface area (Å²) in [7, 11) is 0. The Hall–Kier alpha value is -1.69. The first-order valence-electron chi connectivity index (χ1n) is 9.98. The molecule has 144 valence electrons. The summed E-state index contributed by atoms with van der Waals surface area (Å²) in [5.41, 5.74) is 3.30. The molecule has 2 fully saturated rings. The molecule has 4 rings (SSSR count). The van der Waals surface area contributed by atoms with Crippen molar-refractivity contribution in [3.8, 4) is 0 Å². The molecule has 5 nitrogen and oxygen atoms in total. The molecular weight excluding hydrogens is 360 g/mol. The zero-order valence-electron chi connectivity index (χ0n) is 15.6. The number of aryl methyl sites for hydroxylation is 1. The number of aromatic nitrogens is 2. The molecule has 2 aliphatic rings. The van der Waals surface area contributed by atoms with Gasteiger partial charge in [-0.1, -0.05) is 23.7 Å². The minimum atomic E-state index is 0.343. The Morgan fingerprint density at radius 1 is 1.15 bits per heavy atom. The van der Waals surface area contributed by atoms with Crippen LogP contribution in [0.5, 0.6) is 0 Å². The van der Waals surface area contributed by atoms with Gasteiger partial charge >= 0.3 is 0 Å². The molecule has 3 heterocycles. The second-order valence-electron chi connectivity index (χ2n) is 7.43. The quantitative estimate of drug-likeness (QED) is 0.767. The SMILES string of the molecule is Clc1cnc(Nc2ccc(C3CCNCC3)cc2)nc1CC[C@H]1CCCO1. The summed E-state index contributed by atoms with van der Waals surface area (Å²) in [6, 6.07) is 8.65. The van der Waals surface area contributed by atoms with Crippen molar-refractivity contribution in [1.82, 2.24) is 15.3 Å². The van der Waals surface area contributed by atoms with Crippen molar-refractivity contribution in [3.63, 3.8) is 0 Å². The van der Waals surface area contributed by atoms with E-state index in [1.165, 1.54) is 18.4 Å². The number of anilines is 2. The number of halogens is 1. The number of benzene rings is 1. The Labute approximate surface area is 165 Å². The van der Waals surface area contributed by atoms with Crippen LogP contribution in [0.15, 0.2) is 30.5 Å². The van der Waals surface area contributed by atoms with Crippen LogP contribution in [0.25, 0.3) is 0 Å². The molecule has 0 radical (unpaired) electrons. The predicted molar refractivity (Wildman–Crippen MR) is 109 cm³/mol. The third kappa shape index (κ3) is 4.98. The van der Waals surface area contributed by atoms with Crippen LogP contribution >= 0.6 is 11.6 Å². The van der Waals surface area contributed by atoms with Crippen LogP contribution in [-0.4, -0.2) is 35.8 Å². The lowest BCUT2D eigenvalue weighted by Gasteiger charge is -2.23. The Kier molecular flexibility index (Phi) is 6.22. The van der Waals surface area contributed by atoms with Gasteiger partial charge in [0.25, 0.3) is 0 Å². The summed E-state index contributed by atoms with van der Waals surface area (Å²) < 4.78 is 5.70. The molecule has 0 bridgehead atoms. The van der Waals surface area contributed by atoms with Crippen LogP contribution in [0.4, 0.5) is 11.6 Å². The van der Waals surface area contributed by atoms with Crippen molar-refractivity contribution in [2.24, 2.45) is 0 Å². The number of hydrogen-bond acceptors (Lipinski definition) is 5. The van der Waals surface area contributed by atoms with E-state index < -0.39 is 0 Å². The van der Waals surface area contributed by atoms with E-state index in [2.05, 4.69) is 44.9 Å². The monoisotopic (exact) mass is 386 g/mol. The van der Waals surface area contributed by atoms with Gasteiger partial charge in [0.1, 0.15) is 0 Å². The van der Waals surface area contributed by atoms with Gasteiger partial charge in [-0.3, -0.25) is 0 Å². The minimum absolute atomic E-state index is 0.343. The molecule has 0 unspecified atom stereocenters. The third-order valence-corrected chi connectivity index (χ3v) is 5.84. The molecule has 0 amide bonds. The van der Waals surface area contributed by atoms with Crippen molar-refractivity contribution in [3.05, 3.63) is 46.7 Å². The maximum atomic E-state index is 6.29. The molecule has 1 aromatic carbocycles. The molecule has 2 saturated heterocycles. The van der Waals surface area contributed by atoms with E-state index in [4.69, 9.17) is 16.3 Å². The highest BCUT2D eigenvalue weighted by Gasteiger charge is 2.17. The highest BCUT2D eigenvalue weighted by molar-refractivity contribution is 6.31. The molecule has 1 atom stereocenters. The van der Waals surface area contributed by atoms with Crippen molar-refractivity contribution < 1.29 is 4.74 Å². The minimum Gasteiger partial charge on any atom is -0.378 e. The lowest BCUT2D eigenvalue weighted by molar-refractivity contribution is 0.104. The van der Waals surface area contributed by atoms with E-state index in [0.29, 0.717) is 23.0 Å². The third-order valence-electron chi connectivity index (χ3n) is 5.52. The highest BCUT2D eigenvalue weighted by atomic mass is 35.5. The van der Waals surface area contributed by atoms with Gasteiger partial charge in [-0.15, -0.1) is 0 Å². The van der Waals surface area contributed by atoms with Gasteiger partial charge in [0.05, 0.1) is 23.0 Å². The highest BCUT2D eigenvalue weighted by Crippen LogP contribution is 2.27. The van der Waals surface area contributed by atoms with Crippen molar-refractivity contribution in [2.75, 3.05) is 25.0 Å². The number of nitrogens with zero attached hydrogens (tertiary/aromatic N) is 2. The predicted octanol–water partition coefficient (Wildman–Crippen LogP) is 4.45. The molecular formula is C21H27ClN4O. The summed E-state index contributed by atoms with van der Waals surface area (Å²) in [4.78, 5) is 8.96. The van der Waals surface area contributed by atoms with E-state index in [1.54, 1.807) is 6.20 Å². The van der Waals surface area contributed by atoms with Crippen LogP contribution in [0, 0.1) is 0 Å². The van der Waals surface area contributed by atoms with Gasteiger partial charge < -0.3 is 15.4 Å².